The second-order valence-electron chi connectivity index (χ2n) is 8.00. The zero-order valence-corrected chi connectivity index (χ0v) is 18.2. The summed E-state index contributed by atoms with van der Waals surface area (Å²) in [5.74, 6) is 1.65. The second-order valence-corrected chi connectivity index (χ2v) is 8.00. The van der Waals surface area contributed by atoms with Crippen LogP contribution in [0.15, 0.2) is 124 Å². The van der Waals surface area contributed by atoms with Crippen LogP contribution in [0.1, 0.15) is 23.7 Å². The van der Waals surface area contributed by atoms with Crippen molar-refractivity contribution in [3.63, 3.8) is 0 Å². The molecule has 1 aromatic heterocycles. The van der Waals surface area contributed by atoms with E-state index in [-0.39, 0.29) is 11.5 Å². The van der Waals surface area contributed by atoms with E-state index in [1.165, 1.54) is 17.2 Å². The van der Waals surface area contributed by atoms with Gasteiger partial charge in [-0.25, -0.2) is 0 Å². The van der Waals surface area contributed by atoms with Crippen molar-refractivity contribution in [1.82, 2.24) is 0 Å². The lowest BCUT2D eigenvalue weighted by molar-refractivity contribution is 0.176. The molecule has 3 heteroatoms. The number of hydrogen-bond donors (Lipinski definition) is 0. The van der Waals surface area contributed by atoms with Crippen molar-refractivity contribution in [3.8, 4) is 17.1 Å². The Morgan fingerprint density at radius 2 is 1.36 bits per heavy atom. The Balaban J connectivity index is 0.000000139. The van der Waals surface area contributed by atoms with Crippen molar-refractivity contribution in [1.29, 1.82) is 0 Å². The lowest BCUT2D eigenvalue weighted by Gasteiger charge is -2.26. The highest BCUT2D eigenvalue weighted by atomic mass is 16.5. The molecule has 0 fully saturated rings. The number of fused-ring (bicyclic) bond motifs is 2. The maximum atomic E-state index is 11.9. The molecule has 4 aromatic carbocycles. The molecule has 0 saturated carbocycles. The summed E-state index contributed by atoms with van der Waals surface area (Å²) < 4.78 is 11.7. The molecule has 3 nitrogen and oxygen atoms in total. The molecule has 33 heavy (non-hydrogen) atoms. The minimum atomic E-state index is -0.00861. The Bertz CT molecular complexity index is 1410. The third-order valence-corrected chi connectivity index (χ3v) is 5.78. The summed E-state index contributed by atoms with van der Waals surface area (Å²) in [5.41, 5.74) is 4.13. The molecule has 6 rings (SSSR count). The SMILES string of the molecule is O=c1cc(-c2ccccc2)oc2ccccc12.c1ccc(C2CCc3ccccc3O2)cc1. The molecule has 2 heterocycles. The third kappa shape index (κ3) is 4.73. The average molecular weight is 433 g/mol. The summed E-state index contributed by atoms with van der Waals surface area (Å²) in [7, 11) is 0. The summed E-state index contributed by atoms with van der Waals surface area (Å²) in [4.78, 5) is 11.9. The first-order valence-corrected chi connectivity index (χ1v) is 11.2. The number of para-hydroxylation sites is 2. The lowest BCUT2D eigenvalue weighted by Crippen LogP contribution is -2.14. The Hall–Kier alpha value is -4.11. The molecule has 0 amide bonds. The molecule has 1 atom stereocenters. The van der Waals surface area contributed by atoms with Crippen LogP contribution in [0, 0.1) is 0 Å². The molecule has 0 aliphatic carbocycles. The molecular weight excluding hydrogens is 408 g/mol. The molecule has 1 aliphatic heterocycles. The summed E-state index contributed by atoms with van der Waals surface area (Å²) >= 11 is 0. The Labute approximate surface area is 192 Å². The highest BCUT2D eigenvalue weighted by molar-refractivity contribution is 5.78. The van der Waals surface area contributed by atoms with E-state index in [4.69, 9.17) is 9.15 Å². The zero-order chi connectivity index (χ0) is 22.5. The average Bonchev–Trinajstić information content (AvgIpc) is 2.90. The van der Waals surface area contributed by atoms with Crippen LogP contribution < -0.4 is 10.2 Å². The molecule has 0 spiro atoms. The van der Waals surface area contributed by atoms with Gasteiger partial charge in [0, 0.05) is 11.6 Å². The van der Waals surface area contributed by atoms with Crippen LogP contribution in [-0.4, -0.2) is 0 Å². The van der Waals surface area contributed by atoms with Gasteiger partial charge in [0.25, 0.3) is 0 Å². The van der Waals surface area contributed by atoms with Gasteiger partial charge in [-0.3, -0.25) is 4.79 Å². The first kappa shape index (κ1) is 20.8. The van der Waals surface area contributed by atoms with Crippen molar-refractivity contribution >= 4 is 11.0 Å². The van der Waals surface area contributed by atoms with Crippen molar-refractivity contribution in [3.05, 3.63) is 137 Å². The van der Waals surface area contributed by atoms with Crippen LogP contribution in [0.3, 0.4) is 0 Å². The molecule has 5 aromatic rings. The first-order chi connectivity index (χ1) is 16.3. The van der Waals surface area contributed by atoms with Gasteiger partial charge in [-0.1, -0.05) is 91.0 Å². The maximum absolute atomic E-state index is 11.9. The largest absolute Gasteiger partial charge is 0.485 e. The standard InChI is InChI=1S/C15H10O2.C15H14O/c16-13-10-15(11-6-2-1-3-7-11)17-14-9-5-4-8-12(13)14;1-2-6-12(7-3-1)15-11-10-13-8-4-5-9-14(13)16-15/h1-10H;1-9,15H,10-11H2. The molecule has 1 unspecified atom stereocenters. The predicted octanol–water partition coefficient (Wildman–Crippen LogP) is 7.21. The van der Waals surface area contributed by atoms with Crippen molar-refractivity contribution < 1.29 is 9.15 Å². The number of aryl methyl sites for hydroxylation is 1. The number of hydrogen-bond acceptors (Lipinski definition) is 3. The van der Waals surface area contributed by atoms with E-state index in [0.717, 1.165) is 24.2 Å². The quantitative estimate of drug-likeness (QED) is 0.296. The number of ether oxygens (including phenoxy) is 1. The number of rotatable bonds is 2. The molecular formula is C30H24O3. The van der Waals surface area contributed by atoms with Gasteiger partial charge in [-0.15, -0.1) is 0 Å². The van der Waals surface area contributed by atoms with Gasteiger partial charge in [0.2, 0.25) is 0 Å². The topological polar surface area (TPSA) is 39.4 Å². The van der Waals surface area contributed by atoms with Crippen LogP contribution >= 0.6 is 0 Å². The zero-order valence-electron chi connectivity index (χ0n) is 18.2. The van der Waals surface area contributed by atoms with Gasteiger partial charge < -0.3 is 9.15 Å². The smallest absolute Gasteiger partial charge is 0.193 e. The molecule has 1 aliphatic rings. The fraction of sp³-hybridized carbons (Fsp3) is 0.100. The van der Waals surface area contributed by atoms with Gasteiger partial charge >= 0.3 is 0 Å². The Morgan fingerprint density at radius 3 is 2.18 bits per heavy atom. The summed E-state index contributed by atoms with van der Waals surface area (Å²) in [6.07, 6.45) is 2.40. The van der Waals surface area contributed by atoms with E-state index in [9.17, 15) is 4.79 Å². The van der Waals surface area contributed by atoms with Crippen LogP contribution in [0.2, 0.25) is 0 Å². The van der Waals surface area contributed by atoms with E-state index in [2.05, 4.69) is 42.5 Å². The molecule has 0 saturated heterocycles. The van der Waals surface area contributed by atoms with Crippen molar-refractivity contribution in [2.45, 2.75) is 18.9 Å². The molecule has 0 N–H and O–H groups in total. The highest BCUT2D eigenvalue weighted by Gasteiger charge is 2.20. The highest BCUT2D eigenvalue weighted by Crippen LogP contribution is 2.34. The monoisotopic (exact) mass is 432 g/mol. The Morgan fingerprint density at radius 1 is 0.697 bits per heavy atom. The second kappa shape index (κ2) is 9.58. The third-order valence-electron chi connectivity index (χ3n) is 5.78. The minimum absolute atomic E-state index is 0.00861. The van der Waals surface area contributed by atoms with E-state index < -0.39 is 0 Å². The fourth-order valence-electron chi connectivity index (χ4n) is 4.08. The van der Waals surface area contributed by atoms with Gasteiger partial charge in [0.1, 0.15) is 23.2 Å². The van der Waals surface area contributed by atoms with Crippen LogP contribution in [0.25, 0.3) is 22.3 Å². The fourth-order valence-corrected chi connectivity index (χ4v) is 4.08. The molecule has 162 valence electrons. The van der Waals surface area contributed by atoms with E-state index in [1.807, 2.05) is 60.7 Å². The van der Waals surface area contributed by atoms with E-state index in [0.29, 0.717) is 16.7 Å². The maximum Gasteiger partial charge on any atom is 0.193 e. The first-order valence-electron chi connectivity index (χ1n) is 11.2. The summed E-state index contributed by atoms with van der Waals surface area (Å²) in [5, 5.41) is 0.618. The van der Waals surface area contributed by atoms with Crippen molar-refractivity contribution in [2.24, 2.45) is 0 Å². The normalized spacial score (nSPS) is 14.5. The van der Waals surface area contributed by atoms with Gasteiger partial charge in [-0.2, -0.15) is 0 Å². The summed E-state index contributed by atoms with van der Waals surface area (Å²) in [6, 6.07) is 37.2. The summed E-state index contributed by atoms with van der Waals surface area (Å²) in [6.45, 7) is 0. The van der Waals surface area contributed by atoms with Crippen LogP contribution in [-0.2, 0) is 6.42 Å². The van der Waals surface area contributed by atoms with Crippen LogP contribution in [0.4, 0.5) is 0 Å². The van der Waals surface area contributed by atoms with Gasteiger partial charge in [0.15, 0.2) is 5.43 Å². The minimum Gasteiger partial charge on any atom is -0.485 e. The van der Waals surface area contributed by atoms with E-state index >= 15 is 0 Å². The van der Waals surface area contributed by atoms with E-state index in [1.54, 1.807) is 6.07 Å². The number of benzene rings is 4. The predicted molar refractivity (Wildman–Crippen MR) is 132 cm³/mol. The Kier molecular flexibility index (Phi) is 6.03. The lowest BCUT2D eigenvalue weighted by atomic mass is 9.98. The van der Waals surface area contributed by atoms with Gasteiger partial charge in [-0.05, 0) is 42.2 Å². The molecule has 0 bridgehead atoms. The molecule has 0 radical (unpaired) electrons. The van der Waals surface area contributed by atoms with Crippen molar-refractivity contribution in [2.75, 3.05) is 0 Å². The van der Waals surface area contributed by atoms with Crippen LogP contribution in [0.5, 0.6) is 5.75 Å². The van der Waals surface area contributed by atoms with Gasteiger partial charge in [0.05, 0.1) is 5.39 Å².